The summed E-state index contributed by atoms with van der Waals surface area (Å²) in [5.41, 5.74) is -0.215. The molecule has 0 saturated carbocycles. The van der Waals surface area contributed by atoms with Gasteiger partial charge >= 0.3 is 0 Å². The molecule has 202 valence electrons. The number of carbonyl (C=O) groups is 2. The summed E-state index contributed by atoms with van der Waals surface area (Å²) in [7, 11) is 2.83. The zero-order valence-corrected chi connectivity index (χ0v) is 22.9. The van der Waals surface area contributed by atoms with Gasteiger partial charge in [-0.05, 0) is 24.3 Å². The van der Waals surface area contributed by atoms with E-state index < -0.39 is 23.1 Å². The number of ether oxygens (including phenoxy) is 3. The number of nitrogens with one attached hydrogen (secondary N) is 1. The molecule has 0 bridgehead atoms. The van der Waals surface area contributed by atoms with Crippen molar-refractivity contribution in [2.75, 3.05) is 32.6 Å². The zero-order chi connectivity index (χ0) is 27.9. The molecule has 0 amide bonds. The molecule has 2 atom stereocenters. The lowest BCUT2D eigenvalue weighted by molar-refractivity contribution is -0.118. The lowest BCUT2D eigenvalue weighted by atomic mass is 9.73. The molecule has 39 heavy (non-hydrogen) atoms. The fourth-order valence-corrected chi connectivity index (χ4v) is 5.43. The number of carbonyl (C=O) groups excluding carboxylic acids is 2. The Kier molecular flexibility index (Phi) is 7.13. The van der Waals surface area contributed by atoms with E-state index in [-0.39, 0.29) is 52.2 Å². The van der Waals surface area contributed by atoms with Crippen molar-refractivity contribution in [2.24, 2.45) is 10.9 Å². The fraction of sp³-hybridized carbons (Fsp3) is 0.286. The van der Waals surface area contributed by atoms with Crippen molar-refractivity contribution in [3.8, 4) is 17.2 Å². The lowest BCUT2D eigenvalue weighted by Crippen LogP contribution is -2.52. The number of benzene rings is 2. The zero-order valence-electron chi connectivity index (χ0n) is 21.4. The van der Waals surface area contributed by atoms with Gasteiger partial charge in [0.15, 0.2) is 17.3 Å². The molecule has 1 aliphatic carbocycles. The molecule has 1 aromatic heterocycles. The van der Waals surface area contributed by atoms with Crippen LogP contribution in [0.1, 0.15) is 23.7 Å². The third-order valence-corrected chi connectivity index (χ3v) is 7.59. The van der Waals surface area contributed by atoms with Crippen LogP contribution in [-0.4, -0.2) is 60.8 Å². The molecule has 0 saturated heterocycles. The van der Waals surface area contributed by atoms with E-state index in [0.29, 0.717) is 11.6 Å². The van der Waals surface area contributed by atoms with Gasteiger partial charge in [-0.15, -0.1) is 0 Å². The molecule has 5 rings (SSSR count). The van der Waals surface area contributed by atoms with Crippen molar-refractivity contribution >= 4 is 57.6 Å². The van der Waals surface area contributed by atoms with E-state index in [0.717, 1.165) is 16.6 Å². The van der Waals surface area contributed by atoms with Crippen molar-refractivity contribution in [3.63, 3.8) is 0 Å². The Morgan fingerprint density at radius 1 is 1.21 bits per heavy atom. The first kappa shape index (κ1) is 26.8. The fourth-order valence-electron chi connectivity index (χ4n) is 5.00. The number of aliphatic hydroxyl groups excluding tert-OH is 1. The molecule has 2 unspecified atom stereocenters. The van der Waals surface area contributed by atoms with Crippen molar-refractivity contribution < 1.29 is 28.9 Å². The number of pyridine rings is 1. The third kappa shape index (κ3) is 4.35. The second kappa shape index (κ2) is 10.4. The minimum absolute atomic E-state index is 0.0357. The number of Topliss-reactive ketones (excluding diaryl/α,β-unsaturated/α-hetero) is 2. The highest BCUT2D eigenvalue weighted by atomic mass is 35.5. The molecule has 2 aromatic carbocycles. The van der Waals surface area contributed by atoms with Gasteiger partial charge in [0.05, 0.1) is 31.9 Å². The molecule has 9 nitrogen and oxygen atoms in total. The number of aliphatic imine (C=N–C) groups is 1. The van der Waals surface area contributed by atoms with Gasteiger partial charge in [0, 0.05) is 53.5 Å². The van der Waals surface area contributed by atoms with Crippen LogP contribution in [0.3, 0.4) is 0 Å². The molecule has 2 aliphatic rings. The average Bonchev–Trinajstić information content (AvgIpc) is 3.24. The van der Waals surface area contributed by atoms with Gasteiger partial charge in [0.25, 0.3) is 0 Å². The highest BCUT2D eigenvalue weighted by Crippen LogP contribution is 2.54. The quantitative estimate of drug-likeness (QED) is 0.283. The average molecular weight is 570 g/mol. The molecule has 0 radical (unpaired) electrons. The number of fused-ring (bicyclic) bond motifs is 2. The number of ketones is 2. The van der Waals surface area contributed by atoms with E-state index in [1.165, 1.54) is 26.5 Å². The highest BCUT2D eigenvalue weighted by Gasteiger charge is 2.60. The van der Waals surface area contributed by atoms with Crippen LogP contribution >= 0.6 is 23.2 Å². The Bertz CT molecular complexity index is 1570. The molecular formula is C28H25Cl2N3O6. The number of methoxy groups -OCH3 is 2. The van der Waals surface area contributed by atoms with Gasteiger partial charge in [-0.3, -0.25) is 19.6 Å². The number of rotatable bonds is 7. The summed E-state index contributed by atoms with van der Waals surface area (Å²) in [5.74, 6) is -1.59. The largest absolute Gasteiger partial charge is 0.507 e. The van der Waals surface area contributed by atoms with Crippen LogP contribution in [0.4, 0.5) is 5.69 Å². The number of halogens is 2. The maximum atomic E-state index is 13.8. The van der Waals surface area contributed by atoms with E-state index in [1.807, 2.05) is 12.1 Å². The van der Waals surface area contributed by atoms with Gasteiger partial charge in [0.1, 0.15) is 22.1 Å². The van der Waals surface area contributed by atoms with Gasteiger partial charge < -0.3 is 24.6 Å². The maximum absolute atomic E-state index is 13.8. The van der Waals surface area contributed by atoms with Crippen molar-refractivity contribution in [1.29, 1.82) is 0 Å². The van der Waals surface area contributed by atoms with E-state index in [9.17, 15) is 14.7 Å². The first-order valence-electron chi connectivity index (χ1n) is 12.2. The van der Waals surface area contributed by atoms with Crippen LogP contribution in [-0.2, 0) is 4.79 Å². The van der Waals surface area contributed by atoms with Crippen molar-refractivity contribution in [3.05, 3.63) is 63.5 Å². The second-order valence-corrected chi connectivity index (χ2v) is 10.1. The molecule has 1 aliphatic heterocycles. The van der Waals surface area contributed by atoms with E-state index in [2.05, 4.69) is 15.3 Å². The Balaban J connectivity index is 1.40. The molecular weight excluding hydrogens is 545 g/mol. The Morgan fingerprint density at radius 3 is 2.72 bits per heavy atom. The number of nitrogens with zero attached hydrogens (tertiary/aromatic N) is 2. The van der Waals surface area contributed by atoms with E-state index >= 15 is 0 Å². The summed E-state index contributed by atoms with van der Waals surface area (Å²) < 4.78 is 16.8. The van der Waals surface area contributed by atoms with Crippen LogP contribution < -0.4 is 19.5 Å². The topological polar surface area (TPSA) is 119 Å². The Labute approximate surface area is 234 Å². The number of aromatic nitrogens is 1. The summed E-state index contributed by atoms with van der Waals surface area (Å²) in [6.07, 6.45) is 2.93. The predicted molar refractivity (Wildman–Crippen MR) is 149 cm³/mol. The normalized spacial score (nSPS) is 20.6. The standard InChI is InChI=1S/C28H25Cl2N3O6/c1-14-10-20(34)17(13-31-8-9-33-18-6-7-32-19-11-15(29)4-5-16(18)19)26(35)28(14)27(36)23-21(37-2)12-22(38-3)24(30)25(23)39-28/h4-7,11-14,35H,8-10H2,1-3H3,(H,32,33). The van der Waals surface area contributed by atoms with Gasteiger partial charge in [0.2, 0.25) is 11.4 Å². The number of anilines is 1. The third-order valence-electron chi connectivity index (χ3n) is 6.99. The number of hydrogen-bond donors (Lipinski definition) is 2. The second-order valence-electron chi connectivity index (χ2n) is 9.24. The summed E-state index contributed by atoms with van der Waals surface area (Å²) in [6, 6.07) is 8.79. The summed E-state index contributed by atoms with van der Waals surface area (Å²) in [4.78, 5) is 35.3. The molecule has 3 aromatic rings. The Hall–Kier alpha value is -3.82. The van der Waals surface area contributed by atoms with Crippen LogP contribution in [0.5, 0.6) is 17.2 Å². The molecule has 0 fully saturated rings. The van der Waals surface area contributed by atoms with Gasteiger partial charge in [-0.2, -0.15) is 0 Å². The molecule has 11 heteroatoms. The summed E-state index contributed by atoms with van der Waals surface area (Å²) in [6.45, 7) is 2.39. The summed E-state index contributed by atoms with van der Waals surface area (Å²) in [5, 5.41) is 16.2. The number of allylic oxidation sites excluding steroid dienone is 1. The monoisotopic (exact) mass is 569 g/mol. The highest BCUT2D eigenvalue weighted by molar-refractivity contribution is 6.35. The lowest BCUT2D eigenvalue weighted by Gasteiger charge is -2.36. The SMILES string of the molecule is COc1cc(OC)c2c(c1Cl)OC1(C2=O)C(O)=C(C=NCCNc2ccnc3cc(Cl)ccc23)C(=O)CC1C. The molecule has 2 heterocycles. The van der Waals surface area contributed by atoms with Gasteiger partial charge in [-0.1, -0.05) is 30.1 Å². The summed E-state index contributed by atoms with van der Waals surface area (Å²) >= 11 is 12.5. The minimum atomic E-state index is -1.84. The van der Waals surface area contributed by atoms with Gasteiger partial charge in [-0.25, -0.2) is 0 Å². The van der Waals surface area contributed by atoms with Crippen LogP contribution in [0, 0.1) is 5.92 Å². The Morgan fingerprint density at radius 2 is 1.97 bits per heavy atom. The van der Waals surface area contributed by atoms with E-state index in [4.69, 9.17) is 37.4 Å². The predicted octanol–water partition coefficient (Wildman–Crippen LogP) is 5.48. The number of hydrogen-bond acceptors (Lipinski definition) is 9. The van der Waals surface area contributed by atoms with Crippen LogP contribution in [0.25, 0.3) is 10.9 Å². The van der Waals surface area contributed by atoms with E-state index in [1.54, 1.807) is 25.3 Å². The first-order valence-corrected chi connectivity index (χ1v) is 12.9. The van der Waals surface area contributed by atoms with Crippen molar-refractivity contribution in [1.82, 2.24) is 4.98 Å². The van der Waals surface area contributed by atoms with Crippen molar-refractivity contribution in [2.45, 2.75) is 18.9 Å². The maximum Gasteiger partial charge on any atom is 0.231 e. The number of aliphatic hydroxyl groups is 1. The first-order chi connectivity index (χ1) is 18.7. The van der Waals surface area contributed by atoms with Crippen LogP contribution in [0.2, 0.25) is 10.0 Å². The minimum Gasteiger partial charge on any atom is -0.507 e. The van der Waals surface area contributed by atoms with Crippen LogP contribution in [0.15, 0.2) is 52.9 Å². The molecule has 2 N–H and O–H groups in total. The smallest absolute Gasteiger partial charge is 0.231 e. The molecule has 1 spiro atoms.